The maximum absolute atomic E-state index is 12.6. The Kier molecular flexibility index (Phi) is 19.5. The molecule has 12 nitrogen and oxygen atoms in total. The smallest absolute Gasteiger partial charge is 0.405 e. The summed E-state index contributed by atoms with van der Waals surface area (Å²) in [5, 5.41) is 52.3. The number of aliphatic hydroxyl groups is 4. The number of carboxylic acids is 1. The van der Waals surface area contributed by atoms with Crippen molar-refractivity contribution < 1.29 is 49.4 Å². The molecule has 0 spiro atoms. The number of aliphatic carboxylic acids is 1. The van der Waals surface area contributed by atoms with Gasteiger partial charge in [-0.1, -0.05) is 67.5 Å². The van der Waals surface area contributed by atoms with Crippen LogP contribution >= 0.6 is 23.2 Å². The Labute approximate surface area is 285 Å². The Morgan fingerprint density at radius 1 is 1.06 bits per heavy atom. The third-order valence-corrected chi connectivity index (χ3v) is 8.72. The van der Waals surface area contributed by atoms with E-state index in [1.165, 1.54) is 18.2 Å². The van der Waals surface area contributed by atoms with Crippen LogP contribution in [0, 0.1) is 11.8 Å². The van der Waals surface area contributed by atoms with E-state index in [0.717, 1.165) is 5.57 Å². The fourth-order valence-electron chi connectivity index (χ4n) is 4.80. The zero-order chi connectivity index (χ0) is 35.7. The molecule has 0 bridgehead atoms. The lowest BCUT2D eigenvalue weighted by atomic mass is 9.84. The third-order valence-electron chi connectivity index (χ3n) is 7.69. The molecule has 264 valence electrons. The van der Waals surface area contributed by atoms with E-state index in [2.05, 4.69) is 5.32 Å². The van der Waals surface area contributed by atoms with Crippen LogP contribution in [0.1, 0.15) is 65.7 Å². The number of rotatable bonds is 19. The van der Waals surface area contributed by atoms with Gasteiger partial charge in [-0.15, -0.1) is 11.6 Å². The van der Waals surface area contributed by atoms with Crippen LogP contribution in [0.25, 0.3) is 0 Å². The molecule has 0 aromatic heterocycles. The lowest BCUT2D eigenvalue weighted by Gasteiger charge is -2.31. The summed E-state index contributed by atoms with van der Waals surface area (Å²) in [5.41, 5.74) is 5.94. The molecule has 1 aliphatic carbocycles. The SMILES string of the molecule is CC/C=C/[C@@H](OC(N)=O)[C@@H](Cl)[C@H](O)CC(=O)[C@@H](O)[C@H](O)[C@H](C)/C(Cl)=C/CC/C=C(C)/C=C/C=C/C(=O)N[C@@H]1C[C@@H](C(=O)O)CC[C@H]1O. The number of Topliss-reactive ketones (excluding diaryl/α,β-unsaturated/α-hetero) is 1. The summed E-state index contributed by atoms with van der Waals surface area (Å²) in [6.07, 6.45) is 6.91. The van der Waals surface area contributed by atoms with Gasteiger partial charge in [0.1, 0.15) is 17.6 Å². The van der Waals surface area contributed by atoms with Gasteiger partial charge in [0, 0.05) is 23.4 Å². The number of halogens is 2. The van der Waals surface area contributed by atoms with Gasteiger partial charge in [0.05, 0.1) is 30.3 Å². The molecule has 0 heterocycles. The number of ether oxygens (including phenoxy) is 1. The molecule has 1 fully saturated rings. The van der Waals surface area contributed by atoms with Crippen LogP contribution in [-0.2, 0) is 19.1 Å². The Bertz CT molecular complexity index is 1200. The minimum absolute atomic E-state index is 0.177. The molecule has 2 amide bonds. The number of hydrogen-bond acceptors (Lipinski definition) is 9. The van der Waals surface area contributed by atoms with Crippen LogP contribution in [0.5, 0.6) is 0 Å². The molecule has 1 rings (SSSR count). The van der Waals surface area contributed by atoms with Gasteiger partial charge in [0.2, 0.25) is 5.91 Å². The van der Waals surface area contributed by atoms with Crippen molar-refractivity contribution in [1.82, 2.24) is 5.32 Å². The molecule has 0 radical (unpaired) electrons. The van der Waals surface area contributed by atoms with E-state index in [1.807, 2.05) is 19.9 Å². The van der Waals surface area contributed by atoms with E-state index >= 15 is 0 Å². The van der Waals surface area contributed by atoms with Crippen molar-refractivity contribution in [2.75, 3.05) is 0 Å². The van der Waals surface area contributed by atoms with Gasteiger partial charge in [0.25, 0.3) is 0 Å². The highest BCUT2D eigenvalue weighted by atomic mass is 35.5. The van der Waals surface area contributed by atoms with Crippen LogP contribution < -0.4 is 11.1 Å². The first-order valence-electron chi connectivity index (χ1n) is 15.5. The van der Waals surface area contributed by atoms with Crippen LogP contribution in [0.3, 0.4) is 0 Å². The molecule has 0 aromatic rings. The topological polar surface area (TPSA) is 217 Å². The second-order valence-corrected chi connectivity index (χ2v) is 12.4. The second kappa shape index (κ2) is 21.8. The number of amides is 2. The summed E-state index contributed by atoms with van der Waals surface area (Å²) in [4.78, 5) is 47.2. The molecule has 1 aliphatic rings. The molecule has 8 N–H and O–H groups in total. The highest BCUT2D eigenvalue weighted by Gasteiger charge is 2.35. The van der Waals surface area contributed by atoms with E-state index in [1.54, 1.807) is 31.2 Å². The molecule has 47 heavy (non-hydrogen) atoms. The van der Waals surface area contributed by atoms with Crippen molar-refractivity contribution in [1.29, 1.82) is 0 Å². The van der Waals surface area contributed by atoms with Crippen LogP contribution in [-0.4, -0.2) is 91.2 Å². The van der Waals surface area contributed by atoms with Crippen LogP contribution in [0.15, 0.2) is 59.2 Å². The lowest BCUT2D eigenvalue weighted by molar-refractivity contribution is -0.144. The van der Waals surface area contributed by atoms with Gasteiger partial charge in [0.15, 0.2) is 5.78 Å². The predicted octanol–water partition coefficient (Wildman–Crippen LogP) is 3.39. The number of nitrogens with one attached hydrogen (secondary N) is 1. The molecule has 0 aromatic carbocycles. The molecule has 0 unspecified atom stereocenters. The number of primary amides is 1. The van der Waals surface area contributed by atoms with Gasteiger partial charge < -0.3 is 41.3 Å². The molecule has 9 atom stereocenters. The van der Waals surface area contributed by atoms with E-state index in [-0.39, 0.29) is 11.5 Å². The zero-order valence-corrected chi connectivity index (χ0v) is 28.4. The Morgan fingerprint density at radius 2 is 1.70 bits per heavy atom. The maximum Gasteiger partial charge on any atom is 0.405 e. The molecular formula is C33H48Cl2N2O10. The predicted molar refractivity (Wildman–Crippen MR) is 178 cm³/mol. The number of unbranched alkanes of at least 4 members (excludes halogenated alkanes) is 1. The Hall–Kier alpha value is -3.00. The summed E-state index contributed by atoms with van der Waals surface area (Å²) >= 11 is 12.5. The second-order valence-electron chi connectivity index (χ2n) is 11.5. The highest BCUT2D eigenvalue weighted by molar-refractivity contribution is 6.29. The van der Waals surface area contributed by atoms with Gasteiger partial charge in [-0.25, -0.2) is 4.79 Å². The number of carbonyl (C=O) groups excluding carboxylic acids is 3. The van der Waals surface area contributed by atoms with Crippen molar-refractivity contribution >= 4 is 47.0 Å². The number of hydrogen-bond donors (Lipinski definition) is 7. The Morgan fingerprint density at radius 3 is 2.32 bits per heavy atom. The van der Waals surface area contributed by atoms with Gasteiger partial charge in [-0.3, -0.25) is 14.4 Å². The number of carboxylic acid groups (broad SMARTS) is 1. The summed E-state index contributed by atoms with van der Waals surface area (Å²) in [7, 11) is 0. The van der Waals surface area contributed by atoms with Crippen LogP contribution in [0.4, 0.5) is 4.79 Å². The molecule has 14 heteroatoms. The number of aliphatic hydroxyl groups excluding tert-OH is 4. The average molecular weight is 704 g/mol. The monoisotopic (exact) mass is 702 g/mol. The zero-order valence-electron chi connectivity index (χ0n) is 26.9. The first-order valence-corrected chi connectivity index (χ1v) is 16.3. The fraction of sp³-hybridized carbons (Fsp3) is 0.576. The van der Waals surface area contributed by atoms with Crippen molar-refractivity contribution in [2.24, 2.45) is 17.6 Å². The summed E-state index contributed by atoms with van der Waals surface area (Å²) in [6, 6.07) is -0.617. The quantitative estimate of drug-likeness (QED) is 0.0342. The van der Waals surface area contributed by atoms with Gasteiger partial charge in [-0.05, 0) is 51.5 Å². The fourth-order valence-corrected chi connectivity index (χ4v) is 5.26. The van der Waals surface area contributed by atoms with Crippen molar-refractivity contribution in [3.8, 4) is 0 Å². The number of carbonyl (C=O) groups is 4. The molecule has 0 aliphatic heterocycles. The molecule has 1 saturated carbocycles. The van der Waals surface area contributed by atoms with Crippen LogP contribution in [0.2, 0.25) is 0 Å². The summed E-state index contributed by atoms with van der Waals surface area (Å²) < 4.78 is 4.89. The Balaban J connectivity index is 2.58. The minimum atomic E-state index is -1.86. The summed E-state index contributed by atoms with van der Waals surface area (Å²) in [5.74, 6) is -3.64. The lowest BCUT2D eigenvalue weighted by Crippen LogP contribution is -2.47. The standard InChI is InChI=1S/C33H48Cl2N2O10/c1-4-5-13-27(47-33(36)46)29(35)25(39)18-26(40)31(43)30(42)20(3)22(34)12-8-6-10-19(2)11-7-9-14-28(41)37-23-17-21(32(44)45)15-16-24(23)38/h5,7,9-14,20-21,23-25,27,29-31,38-39,42-43H,4,6,8,15-18H2,1-3H3,(H2,36,46)(H,37,41)(H,44,45)/b11-7+,13-5+,14-9+,19-10+,22-12-/t20-,21+,23-,24-,25-,27-,29+,30-,31-/m1/s1. The maximum atomic E-state index is 12.6. The number of ketones is 1. The third kappa shape index (κ3) is 15.6. The van der Waals surface area contributed by atoms with Crippen molar-refractivity contribution in [3.05, 3.63) is 59.2 Å². The van der Waals surface area contributed by atoms with E-state index in [0.29, 0.717) is 32.1 Å². The van der Waals surface area contributed by atoms with E-state index in [4.69, 9.17) is 33.7 Å². The highest BCUT2D eigenvalue weighted by Crippen LogP contribution is 2.26. The largest absolute Gasteiger partial charge is 0.481 e. The number of nitrogens with two attached hydrogens (primary N) is 1. The number of allylic oxidation sites excluding steroid dienone is 7. The summed E-state index contributed by atoms with van der Waals surface area (Å²) in [6.45, 7) is 5.23. The normalized spacial score (nSPS) is 23.3. The van der Waals surface area contributed by atoms with Gasteiger partial charge in [-0.2, -0.15) is 0 Å². The van der Waals surface area contributed by atoms with Crippen molar-refractivity contribution in [3.63, 3.8) is 0 Å². The first kappa shape index (κ1) is 42.0. The van der Waals surface area contributed by atoms with Crippen molar-refractivity contribution in [2.45, 2.75) is 108 Å². The van der Waals surface area contributed by atoms with E-state index < -0.39 is 83.9 Å². The molecule has 0 saturated heterocycles. The first-order chi connectivity index (χ1) is 22.1. The van der Waals surface area contributed by atoms with E-state index in [9.17, 15) is 44.7 Å². The molecular weight excluding hydrogens is 655 g/mol. The number of alkyl halides is 1. The minimum Gasteiger partial charge on any atom is -0.481 e. The average Bonchev–Trinajstić information content (AvgIpc) is 3.02. The van der Waals surface area contributed by atoms with Gasteiger partial charge >= 0.3 is 12.1 Å².